The quantitative estimate of drug-likeness (QED) is 0.744. The predicted octanol–water partition coefficient (Wildman–Crippen LogP) is 1.70. The normalized spacial score (nSPS) is 17.2. The van der Waals surface area contributed by atoms with E-state index in [1.807, 2.05) is 20.8 Å². The molecule has 0 radical (unpaired) electrons. The molecule has 2 aromatic rings. The van der Waals surface area contributed by atoms with Crippen molar-refractivity contribution >= 4 is 34.6 Å². The van der Waals surface area contributed by atoms with Gasteiger partial charge in [0.25, 0.3) is 0 Å². The average Bonchev–Trinajstić information content (AvgIpc) is 3.19. The predicted molar refractivity (Wildman–Crippen MR) is 103 cm³/mol. The smallest absolute Gasteiger partial charge is 0.410 e. The van der Waals surface area contributed by atoms with Gasteiger partial charge in [-0.05, 0) is 33.3 Å². The molecule has 1 unspecified atom stereocenters. The zero-order valence-corrected chi connectivity index (χ0v) is 16.9. The van der Waals surface area contributed by atoms with E-state index in [2.05, 4.69) is 15.3 Å². The van der Waals surface area contributed by atoms with Crippen LogP contribution in [0.15, 0.2) is 12.4 Å². The van der Waals surface area contributed by atoms with Gasteiger partial charge in [-0.25, -0.2) is 14.8 Å². The van der Waals surface area contributed by atoms with Crippen LogP contribution >= 0.6 is 11.6 Å². The van der Waals surface area contributed by atoms with Crippen LogP contribution in [0.3, 0.4) is 0 Å². The molecule has 3 heterocycles. The molecule has 0 aromatic carbocycles. The fourth-order valence-corrected chi connectivity index (χ4v) is 3.36. The first-order chi connectivity index (χ1) is 13.2. The molecule has 1 aliphatic rings. The maximum absolute atomic E-state index is 12.5. The second kappa shape index (κ2) is 7.92. The topological polar surface area (TPSA) is 110 Å². The molecule has 1 fully saturated rings. The number of hydrogen-bond acceptors (Lipinski definition) is 6. The number of aliphatic hydroxyl groups is 1. The Balaban J connectivity index is 1.63. The summed E-state index contributed by atoms with van der Waals surface area (Å²) in [5, 5.41) is 13.4. The van der Waals surface area contributed by atoms with Gasteiger partial charge in [0.15, 0.2) is 0 Å². The van der Waals surface area contributed by atoms with Crippen molar-refractivity contribution in [2.75, 3.05) is 13.1 Å². The van der Waals surface area contributed by atoms with Gasteiger partial charge in [0.05, 0.1) is 12.0 Å². The lowest BCUT2D eigenvalue weighted by atomic mass is 10.2. The third-order valence-corrected chi connectivity index (χ3v) is 4.70. The minimum absolute atomic E-state index is 0.0182. The number of aromatic nitrogens is 3. The lowest BCUT2D eigenvalue weighted by Gasteiger charge is -2.24. The van der Waals surface area contributed by atoms with Crippen LogP contribution in [0.4, 0.5) is 4.79 Å². The average molecular weight is 410 g/mol. The summed E-state index contributed by atoms with van der Waals surface area (Å²) in [5.74, 6) is -0.238. The maximum Gasteiger partial charge on any atom is 0.410 e. The zero-order valence-electron chi connectivity index (χ0n) is 16.1. The van der Waals surface area contributed by atoms with Gasteiger partial charge in [-0.1, -0.05) is 11.6 Å². The number of nitrogens with one attached hydrogen (secondary N) is 1. The number of nitrogens with zero attached hydrogens (tertiary/aromatic N) is 4. The van der Waals surface area contributed by atoms with Gasteiger partial charge in [-0.15, -0.1) is 0 Å². The number of halogens is 1. The summed E-state index contributed by atoms with van der Waals surface area (Å²) in [5.41, 5.74) is 0.452. The number of hydrogen-bond donors (Lipinski definition) is 2. The van der Waals surface area contributed by atoms with Crippen molar-refractivity contribution < 1.29 is 19.4 Å². The monoisotopic (exact) mass is 409 g/mol. The first kappa shape index (κ1) is 20.3. The van der Waals surface area contributed by atoms with E-state index < -0.39 is 5.60 Å². The number of ether oxygens (including phenoxy) is 1. The summed E-state index contributed by atoms with van der Waals surface area (Å²) in [6.07, 6.45) is 1.59. The van der Waals surface area contributed by atoms with Crippen LogP contribution in [0.25, 0.3) is 11.0 Å². The summed E-state index contributed by atoms with van der Waals surface area (Å²) in [6, 6.07) is 1.52. The van der Waals surface area contributed by atoms with Gasteiger partial charge in [0.2, 0.25) is 5.91 Å². The summed E-state index contributed by atoms with van der Waals surface area (Å²) in [6.45, 7) is 6.10. The maximum atomic E-state index is 12.5. The van der Waals surface area contributed by atoms with Crippen LogP contribution < -0.4 is 5.32 Å². The summed E-state index contributed by atoms with van der Waals surface area (Å²) < 4.78 is 6.98. The highest BCUT2D eigenvalue weighted by atomic mass is 35.5. The molecule has 1 saturated heterocycles. The molecule has 9 nitrogen and oxygen atoms in total. The Labute approximate surface area is 167 Å². The fourth-order valence-electron chi connectivity index (χ4n) is 3.18. The Morgan fingerprint density at radius 3 is 2.82 bits per heavy atom. The van der Waals surface area contributed by atoms with Crippen molar-refractivity contribution in [3.05, 3.63) is 23.2 Å². The standard InChI is InChI=1S/C18H24ClN5O4/c1-18(2,3)28-17(27)23-5-4-11(7-23)22-14(26)8-24-12(9-25)6-13-15(19)20-10-21-16(13)24/h6,10-11,25H,4-5,7-9H2,1-3H3,(H,22,26). The Morgan fingerprint density at radius 2 is 2.14 bits per heavy atom. The number of fused-ring (bicyclic) bond motifs is 1. The molecule has 28 heavy (non-hydrogen) atoms. The molecular formula is C18H24ClN5O4. The lowest BCUT2D eigenvalue weighted by molar-refractivity contribution is -0.122. The molecule has 10 heteroatoms. The highest BCUT2D eigenvalue weighted by Gasteiger charge is 2.30. The molecule has 1 atom stereocenters. The molecule has 2 aromatic heterocycles. The van der Waals surface area contributed by atoms with E-state index >= 15 is 0 Å². The van der Waals surface area contributed by atoms with Crippen molar-refractivity contribution in [3.63, 3.8) is 0 Å². The molecule has 2 N–H and O–H groups in total. The van der Waals surface area contributed by atoms with E-state index in [9.17, 15) is 14.7 Å². The van der Waals surface area contributed by atoms with Crippen LogP contribution in [-0.4, -0.2) is 61.3 Å². The third kappa shape index (κ3) is 4.53. The van der Waals surface area contributed by atoms with Gasteiger partial charge >= 0.3 is 6.09 Å². The summed E-state index contributed by atoms with van der Waals surface area (Å²) in [4.78, 5) is 34.4. The van der Waals surface area contributed by atoms with Gasteiger partial charge in [0, 0.05) is 24.8 Å². The number of aliphatic hydroxyl groups excluding tert-OH is 1. The minimum atomic E-state index is -0.558. The van der Waals surface area contributed by atoms with Gasteiger partial charge in [-0.2, -0.15) is 0 Å². The number of carbonyl (C=O) groups is 2. The van der Waals surface area contributed by atoms with Crippen LogP contribution in [-0.2, 0) is 22.7 Å². The van der Waals surface area contributed by atoms with Gasteiger partial charge < -0.3 is 24.6 Å². The first-order valence-corrected chi connectivity index (χ1v) is 9.42. The largest absolute Gasteiger partial charge is 0.444 e. The Kier molecular flexibility index (Phi) is 5.76. The van der Waals surface area contributed by atoms with Crippen LogP contribution in [0.2, 0.25) is 5.15 Å². The second-order valence-corrected chi connectivity index (χ2v) is 8.12. The molecule has 0 bridgehead atoms. The fraction of sp³-hybridized carbons (Fsp3) is 0.556. The summed E-state index contributed by atoms with van der Waals surface area (Å²) in [7, 11) is 0. The molecule has 152 valence electrons. The second-order valence-electron chi connectivity index (χ2n) is 7.76. The van der Waals surface area contributed by atoms with E-state index in [1.54, 1.807) is 15.5 Å². The van der Waals surface area contributed by atoms with Crippen LogP contribution in [0.1, 0.15) is 32.9 Å². The van der Waals surface area contributed by atoms with Crippen molar-refractivity contribution in [3.8, 4) is 0 Å². The molecule has 3 rings (SSSR count). The van der Waals surface area contributed by atoms with Crippen molar-refractivity contribution in [1.29, 1.82) is 0 Å². The number of amides is 2. The van der Waals surface area contributed by atoms with Crippen LogP contribution in [0.5, 0.6) is 0 Å². The molecule has 0 spiro atoms. The third-order valence-electron chi connectivity index (χ3n) is 4.40. The van der Waals surface area contributed by atoms with Gasteiger partial charge in [-0.3, -0.25) is 4.79 Å². The molecular weight excluding hydrogens is 386 g/mol. The van der Waals surface area contributed by atoms with Crippen molar-refractivity contribution in [2.24, 2.45) is 0 Å². The van der Waals surface area contributed by atoms with E-state index in [1.165, 1.54) is 6.33 Å². The number of likely N-dealkylation sites (tertiary alicyclic amines) is 1. The highest BCUT2D eigenvalue weighted by Crippen LogP contribution is 2.23. The first-order valence-electron chi connectivity index (χ1n) is 9.04. The SMILES string of the molecule is CC(C)(C)OC(=O)N1CCC(NC(=O)Cn2c(CO)cc3c(Cl)ncnc32)C1. The highest BCUT2D eigenvalue weighted by molar-refractivity contribution is 6.34. The van der Waals surface area contributed by atoms with Crippen molar-refractivity contribution in [1.82, 2.24) is 24.8 Å². The molecule has 0 aliphatic carbocycles. The van der Waals surface area contributed by atoms with E-state index in [-0.39, 0.29) is 36.3 Å². The zero-order chi connectivity index (χ0) is 20.5. The van der Waals surface area contributed by atoms with E-state index in [0.29, 0.717) is 36.2 Å². The van der Waals surface area contributed by atoms with E-state index in [4.69, 9.17) is 16.3 Å². The van der Waals surface area contributed by atoms with Gasteiger partial charge in [0.1, 0.15) is 29.3 Å². The molecule has 1 aliphatic heterocycles. The number of rotatable bonds is 4. The Hall–Kier alpha value is -2.39. The summed E-state index contributed by atoms with van der Waals surface area (Å²) >= 11 is 6.07. The number of carbonyl (C=O) groups excluding carboxylic acids is 2. The van der Waals surface area contributed by atoms with Crippen LogP contribution in [0, 0.1) is 0 Å². The minimum Gasteiger partial charge on any atom is -0.444 e. The molecule has 0 saturated carbocycles. The molecule has 2 amide bonds. The lowest BCUT2D eigenvalue weighted by Crippen LogP contribution is -2.41. The van der Waals surface area contributed by atoms with Crippen molar-refractivity contribution in [2.45, 2.75) is 52.0 Å². The Morgan fingerprint density at radius 1 is 1.39 bits per heavy atom. The Bertz CT molecular complexity index is 892. The van der Waals surface area contributed by atoms with E-state index in [0.717, 1.165) is 0 Å².